The van der Waals surface area contributed by atoms with E-state index in [1.807, 2.05) is 25.3 Å². The fourth-order valence-corrected chi connectivity index (χ4v) is 3.60. The molecule has 3 heteroatoms. The Morgan fingerprint density at radius 3 is 2.32 bits per heavy atom. The van der Waals surface area contributed by atoms with Gasteiger partial charge in [-0.3, -0.25) is 0 Å². The van der Waals surface area contributed by atoms with E-state index in [0.29, 0.717) is 6.04 Å². The Morgan fingerprint density at radius 1 is 1.16 bits per heavy atom. The Morgan fingerprint density at radius 2 is 1.84 bits per heavy atom. The average Bonchev–Trinajstić information content (AvgIpc) is 2.93. The molecule has 2 aromatic rings. The summed E-state index contributed by atoms with van der Waals surface area (Å²) in [6, 6.07) is 4.83. The Hall–Kier alpha value is -1.06. The van der Waals surface area contributed by atoms with Gasteiger partial charge in [0.15, 0.2) is 0 Å². The summed E-state index contributed by atoms with van der Waals surface area (Å²) in [7, 11) is 2.03. The minimum Gasteiger partial charge on any atom is -0.466 e. The van der Waals surface area contributed by atoms with Crippen molar-refractivity contribution in [3.63, 3.8) is 0 Å². The number of hydrogen-bond donors (Lipinski definition) is 1. The van der Waals surface area contributed by atoms with Gasteiger partial charge in [0.1, 0.15) is 11.5 Å². The Kier molecular flexibility index (Phi) is 4.48. The molecule has 2 heterocycles. The van der Waals surface area contributed by atoms with Crippen LogP contribution in [0.15, 0.2) is 16.5 Å². The predicted octanol–water partition coefficient (Wildman–Crippen LogP) is 4.33. The summed E-state index contributed by atoms with van der Waals surface area (Å²) in [6.45, 7) is 8.46. The number of aryl methyl sites for hydroxylation is 3. The van der Waals surface area contributed by atoms with E-state index in [4.69, 9.17) is 4.42 Å². The monoisotopic (exact) mass is 277 g/mol. The van der Waals surface area contributed by atoms with Gasteiger partial charge in [0.25, 0.3) is 0 Å². The SMILES string of the molecule is CCc1ccc(CC(NC)c2c(C)oc(C)c2C)s1. The van der Waals surface area contributed by atoms with Crippen molar-refractivity contribution in [3.8, 4) is 0 Å². The molecule has 0 saturated heterocycles. The van der Waals surface area contributed by atoms with Crippen LogP contribution in [-0.4, -0.2) is 7.05 Å². The molecule has 0 aromatic carbocycles. The molecule has 2 rings (SSSR count). The largest absolute Gasteiger partial charge is 0.466 e. The zero-order chi connectivity index (χ0) is 14.0. The fraction of sp³-hybridized carbons (Fsp3) is 0.500. The highest BCUT2D eigenvalue weighted by Crippen LogP contribution is 2.30. The Labute approximate surface area is 119 Å². The summed E-state index contributed by atoms with van der Waals surface area (Å²) in [5, 5.41) is 3.44. The van der Waals surface area contributed by atoms with Crippen molar-refractivity contribution in [3.05, 3.63) is 44.5 Å². The lowest BCUT2D eigenvalue weighted by Gasteiger charge is -2.16. The smallest absolute Gasteiger partial charge is 0.106 e. The molecular formula is C16H23NOS. The number of hydrogen-bond acceptors (Lipinski definition) is 3. The van der Waals surface area contributed by atoms with Gasteiger partial charge in [-0.1, -0.05) is 6.92 Å². The second-order valence-corrected chi connectivity index (χ2v) is 6.27. The third-order valence-corrected chi connectivity index (χ3v) is 5.04. The van der Waals surface area contributed by atoms with Crippen LogP contribution in [0.3, 0.4) is 0 Å². The number of furan rings is 1. The number of nitrogens with one attached hydrogen (secondary N) is 1. The zero-order valence-corrected chi connectivity index (χ0v) is 13.3. The maximum atomic E-state index is 5.76. The lowest BCUT2D eigenvalue weighted by Crippen LogP contribution is -2.19. The fourth-order valence-electron chi connectivity index (χ4n) is 2.59. The normalized spacial score (nSPS) is 12.9. The predicted molar refractivity (Wildman–Crippen MR) is 82.1 cm³/mol. The van der Waals surface area contributed by atoms with Crippen LogP contribution in [0.1, 0.15) is 45.4 Å². The van der Waals surface area contributed by atoms with Crippen LogP contribution in [0.2, 0.25) is 0 Å². The van der Waals surface area contributed by atoms with E-state index >= 15 is 0 Å². The van der Waals surface area contributed by atoms with Gasteiger partial charge in [-0.25, -0.2) is 0 Å². The van der Waals surface area contributed by atoms with E-state index in [1.165, 1.54) is 20.9 Å². The summed E-state index contributed by atoms with van der Waals surface area (Å²) < 4.78 is 5.76. The van der Waals surface area contributed by atoms with Crippen molar-refractivity contribution in [2.45, 2.75) is 46.6 Å². The molecule has 104 valence electrons. The average molecular weight is 277 g/mol. The molecule has 2 nitrogen and oxygen atoms in total. The lowest BCUT2D eigenvalue weighted by atomic mass is 9.99. The highest BCUT2D eigenvalue weighted by atomic mass is 32.1. The van der Waals surface area contributed by atoms with E-state index in [9.17, 15) is 0 Å². The lowest BCUT2D eigenvalue weighted by molar-refractivity contribution is 0.490. The van der Waals surface area contributed by atoms with Crippen LogP contribution in [0.5, 0.6) is 0 Å². The van der Waals surface area contributed by atoms with E-state index in [0.717, 1.165) is 24.4 Å². The van der Waals surface area contributed by atoms with Gasteiger partial charge in [-0.05, 0) is 51.9 Å². The molecule has 1 atom stereocenters. The summed E-state index contributed by atoms with van der Waals surface area (Å²) in [5.74, 6) is 2.08. The van der Waals surface area contributed by atoms with Crippen LogP contribution in [-0.2, 0) is 12.8 Å². The first kappa shape index (κ1) is 14.4. The van der Waals surface area contributed by atoms with Crippen molar-refractivity contribution in [2.24, 2.45) is 0 Å². The van der Waals surface area contributed by atoms with Gasteiger partial charge in [0, 0.05) is 27.8 Å². The molecule has 0 bridgehead atoms. The van der Waals surface area contributed by atoms with Gasteiger partial charge in [0.05, 0.1) is 0 Å². The molecule has 0 fully saturated rings. The van der Waals surface area contributed by atoms with Crippen molar-refractivity contribution in [2.75, 3.05) is 7.05 Å². The maximum Gasteiger partial charge on any atom is 0.106 e. The van der Waals surface area contributed by atoms with E-state index in [-0.39, 0.29) is 0 Å². The second kappa shape index (κ2) is 5.93. The number of thiophene rings is 1. The molecule has 0 saturated carbocycles. The molecule has 1 N–H and O–H groups in total. The molecule has 0 spiro atoms. The standard InChI is InChI=1S/C16H23NOS/c1-6-13-7-8-14(19-13)9-15(17-5)16-10(2)11(3)18-12(16)4/h7-8,15,17H,6,9H2,1-5H3. The van der Waals surface area contributed by atoms with E-state index in [2.05, 4.69) is 38.2 Å². The first-order valence-electron chi connectivity index (χ1n) is 6.88. The van der Waals surface area contributed by atoms with E-state index in [1.54, 1.807) is 0 Å². The molecule has 0 aliphatic heterocycles. The highest BCUT2D eigenvalue weighted by Gasteiger charge is 2.20. The Bertz CT molecular complexity index is 553. The minimum absolute atomic E-state index is 0.334. The number of rotatable bonds is 5. The molecule has 0 aliphatic carbocycles. The molecule has 1 unspecified atom stereocenters. The van der Waals surface area contributed by atoms with Crippen LogP contribution in [0, 0.1) is 20.8 Å². The molecular weight excluding hydrogens is 254 g/mol. The van der Waals surface area contributed by atoms with Crippen molar-refractivity contribution in [1.29, 1.82) is 0 Å². The van der Waals surface area contributed by atoms with Crippen molar-refractivity contribution < 1.29 is 4.42 Å². The molecule has 0 aliphatic rings. The van der Waals surface area contributed by atoms with Crippen LogP contribution >= 0.6 is 11.3 Å². The third kappa shape index (κ3) is 2.93. The van der Waals surface area contributed by atoms with Gasteiger partial charge in [-0.2, -0.15) is 0 Å². The van der Waals surface area contributed by atoms with Crippen LogP contribution < -0.4 is 5.32 Å². The Balaban J connectivity index is 2.24. The van der Waals surface area contributed by atoms with Crippen LogP contribution in [0.4, 0.5) is 0 Å². The van der Waals surface area contributed by atoms with E-state index < -0.39 is 0 Å². The summed E-state index contributed by atoms with van der Waals surface area (Å²) in [6.07, 6.45) is 2.15. The highest BCUT2D eigenvalue weighted by molar-refractivity contribution is 7.11. The quantitative estimate of drug-likeness (QED) is 0.880. The maximum absolute atomic E-state index is 5.76. The second-order valence-electron chi connectivity index (χ2n) is 5.02. The summed E-state index contributed by atoms with van der Waals surface area (Å²) >= 11 is 1.92. The topological polar surface area (TPSA) is 25.2 Å². The first-order chi connectivity index (χ1) is 9.06. The van der Waals surface area contributed by atoms with Gasteiger partial charge >= 0.3 is 0 Å². The third-order valence-electron chi connectivity index (χ3n) is 3.79. The van der Waals surface area contributed by atoms with Gasteiger partial charge in [0.2, 0.25) is 0 Å². The van der Waals surface area contributed by atoms with Crippen molar-refractivity contribution in [1.82, 2.24) is 5.32 Å². The summed E-state index contributed by atoms with van der Waals surface area (Å²) in [4.78, 5) is 2.90. The number of likely N-dealkylation sites (N-methyl/N-ethyl adjacent to an activating group) is 1. The molecule has 0 radical (unpaired) electrons. The van der Waals surface area contributed by atoms with Crippen LogP contribution in [0.25, 0.3) is 0 Å². The molecule has 2 aromatic heterocycles. The molecule has 19 heavy (non-hydrogen) atoms. The van der Waals surface area contributed by atoms with Gasteiger partial charge in [-0.15, -0.1) is 11.3 Å². The first-order valence-corrected chi connectivity index (χ1v) is 7.69. The van der Waals surface area contributed by atoms with Crippen molar-refractivity contribution >= 4 is 11.3 Å². The zero-order valence-electron chi connectivity index (χ0n) is 12.5. The molecule has 0 amide bonds. The van der Waals surface area contributed by atoms with Gasteiger partial charge < -0.3 is 9.73 Å². The minimum atomic E-state index is 0.334. The summed E-state index contributed by atoms with van der Waals surface area (Å²) in [5.41, 5.74) is 2.61.